The fraction of sp³-hybridized carbons (Fsp3) is 0.571. The van der Waals surface area contributed by atoms with Gasteiger partial charge < -0.3 is 5.32 Å². The average molecular weight is 300 g/mol. The molecule has 0 radical (unpaired) electrons. The molecule has 1 nitrogen and oxygen atoms in total. The second-order valence-corrected chi connectivity index (χ2v) is 5.78. The van der Waals surface area contributed by atoms with Crippen LogP contribution < -0.4 is 5.32 Å². The normalized spacial score (nSPS) is 27.9. The van der Waals surface area contributed by atoms with Gasteiger partial charge in [0.05, 0.1) is 0 Å². The maximum absolute atomic E-state index is 13.0. The second-order valence-electron chi connectivity index (χ2n) is 4.93. The highest BCUT2D eigenvalue weighted by atomic mass is 79.9. The zero-order chi connectivity index (χ0) is 12.4. The highest BCUT2D eigenvalue weighted by Gasteiger charge is 2.38. The third-order valence-electron chi connectivity index (χ3n) is 3.80. The van der Waals surface area contributed by atoms with Gasteiger partial charge in [0.15, 0.2) is 0 Å². The van der Waals surface area contributed by atoms with Gasteiger partial charge in [0.2, 0.25) is 0 Å². The van der Waals surface area contributed by atoms with Gasteiger partial charge in [0.1, 0.15) is 5.82 Å². The molecular weight excluding hydrogens is 281 g/mol. The lowest BCUT2D eigenvalue weighted by molar-refractivity contribution is 0.184. The van der Waals surface area contributed by atoms with E-state index in [2.05, 4.69) is 35.1 Å². The Bertz CT molecular complexity index is 394. The van der Waals surface area contributed by atoms with Crippen molar-refractivity contribution in [2.75, 3.05) is 6.54 Å². The van der Waals surface area contributed by atoms with Crippen molar-refractivity contribution in [2.24, 2.45) is 5.92 Å². The summed E-state index contributed by atoms with van der Waals surface area (Å²) in [7, 11) is 0. The van der Waals surface area contributed by atoms with Crippen LogP contribution in [0.3, 0.4) is 0 Å². The van der Waals surface area contributed by atoms with Crippen molar-refractivity contribution in [2.45, 2.75) is 38.6 Å². The lowest BCUT2D eigenvalue weighted by Gasteiger charge is -2.44. The van der Waals surface area contributed by atoms with Crippen LogP contribution in [0.25, 0.3) is 0 Å². The Kier molecular flexibility index (Phi) is 4.21. The van der Waals surface area contributed by atoms with E-state index in [1.54, 1.807) is 12.1 Å². The van der Waals surface area contributed by atoms with Crippen LogP contribution in [0.4, 0.5) is 4.39 Å². The quantitative estimate of drug-likeness (QED) is 0.883. The van der Waals surface area contributed by atoms with Crippen LogP contribution in [0.1, 0.15) is 38.2 Å². The van der Waals surface area contributed by atoms with Crippen LogP contribution in [-0.4, -0.2) is 12.6 Å². The second kappa shape index (κ2) is 5.49. The molecule has 17 heavy (non-hydrogen) atoms. The lowest BCUT2D eigenvalue weighted by atomic mass is 9.67. The third kappa shape index (κ3) is 2.71. The first kappa shape index (κ1) is 13.0. The van der Waals surface area contributed by atoms with E-state index in [1.807, 2.05) is 6.07 Å². The summed E-state index contributed by atoms with van der Waals surface area (Å²) in [6.07, 6.45) is 2.33. The predicted octanol–water partition coefficient (Wildman–Crippen LogP) is 4.08. The van der Waals surface area contributed by atoms with Crippen LogP contribution in [-0.2, 0) is 0 Å². The average Bonchev–Trinajstić information content (AvgIpc) is 2.30. The Balaban J connectivity index is 2.01. The van der Waals surface area contributed by atoms with Crippen LogP contribution in [0.2, 0.25) is 0 Å². The van der Waals surface area contributed by atoms with Crippen molar-refractivity contribution in [1.82, 2.24) is 5.32 Å². The molecule has 1 aliphatic carbocycles. The number of hydrogen-bond acceptors (Lipinski definition) is 1. The Morgan fingerprint density at radius 2 is 2.24 bits per heavy atom. The van der Waals surface area contributed by atoms with Gasteiger partial charge in [-0.1, -0.05) is 35.8 Å². The summed E-state index contributed by atoms with van der Waals surface area (Å²) >= 11 is 3.46. The molecule has 2 rings (SSSR count). The molecule has 0 aromatic heterocycles. The number of benzene rings is 1. The van der Waals surface area contributed by atoms with E-state index in [0.29, 0.717) is 17.9 Å². The molecule has 1 aromatic carbocycles. The molecule has 1 aromatic rings. The zero-order valence-corrected chi connectivity index (χ0v) is 11.9. The molecule has 3 heteroatoms. The Morgan fingerprint density at radius 3 is 2.82 bits per heavy atom. The van der Waals surface area contributed by atoms with E-state index in [0.717, 1.165) is 17.4 Å². The van der Waals surface area contributed by atoms with Gasteiger partial charge >= 0.3 is 0 Å². The predicted molar refractivity (Wildman–Crippen MR) is 72.7 cm³/mol. The molecule has 0 bridgehead atoms. The zero-order valence-electron chi connectivity index (χ0n) is 10.3. The smallest absolute Gasteiger partial charge is 0.124 e. The minimum atomic E-state index is -0.173. The fourth-order valence-corrected chi connectivity index (χ4v) is 3.24. The summed E-state index contributed by atoms with van der Waals surface area (Å²) in [6.45, 7) is 5.55. The van der Waals surface area contributed by atoms with Gasteiger partial charge in [-0.3, -0.25) is 0 Å². The molecule has 1 fully saturated rings. The highest BCUT2D eigenvalue weighted by molar-refractivity contribution is 9.10. The molecule has 0 saturated heterocycles. The number of halogens is 2. The van der Waals surface area contributed by atoms with E-state index in [4.69, 9.17) is 0 Å². The largest absolute Gasteiger partial charge is 0.314 e. The topological polar surface area (TPSA) is 12.0 Å². The monoisotopic (exact) mass is 299 g/mol. The SMILES string of the molecule is CCCNC1CC(c2ccc(F)cc2Br)C1C. The summed E-state index contributed by atoms with van der Waals surface area (Å²) in [5.74, 6) is 1.01. The van der Waals surface area contributed by atoms with Crippen LogP contribution in [0.15, 0.2) is 22.7 Å². The van der Waals surface area contributed by atoms with Gasteiger partial charge in [0, 0.05) is 10.5 Å². The molecule has 1 saturated carbocycles. The van der Waals surface area contributed by atoms with Gasteiger partial charge in [-0.25, -0.2) is 4.39 Å². The number of nitrogens with one attached hydrogen (secondary N) is 1. The minimum absolute atomic E-state index is 0.173. The van der Waals surface area contributed by atoms with Crippen molar-refractivity contribution in [3.63, 3.8) is 0 Å². The molecule has 1 aliphatic rings. The molecule has 0 aliphatic heterocycles. The molecule has 0 heterocycles. The summed E-state index contributed by atoms with van der Waals surface area (Å²) < 4.78 is 13.9. The molecule has 3 atom stereocenters. The van der Waals surface area contributed by atoms with E-state index in [9.17, 15) is 4.39 Å². The summed E-state index contributed by atoms with van der Waals surface area (Å²) in [4.78, 5) is 0. The first-order chi connectivity index (χ1) is 8.13. The fourth-order valence-electron chi connectivity index (χ4n) is 2.60. The Labute approximate surface area is 111 Å². The molecule has 94 valence electrons. The molecule has 3 unspecified atom stereocenters. The Hall–Kier alpha value is -0.410. The number of rotatable bonds is 4. The highest BCUT2D eigenvalue weighted by Crippen LogP contribution is 2.44. The van der Waals surface area contributed by atoms with Crippen molar-refractivity contribution in [1.29, 1.82) is 0 Å². The van der Waals surface area contributed by atoms with E-state index >= 15 is 0 Å². The standard InChI is InChI=1S/C14H19BrFN/c1-3-6-17-14-8-12(9(14)2)11-5-4-10(16)7-13(11)15/h4-5,7,9,12,14,17H,3,6,8H2,1-2H3. The summed E-state index contributed by atoms with van der Waals surface area (Å²) in [5, 5.41) is 3.56. The minimum Gasteiger partial charge on any atom is -0.314 e. The maximum atomic E-state index is 13.0. The van der Waals surface area contributed by atoms with Crippen molar-refractivity contribution in [3.8, 4) is 0 Å². The van der Waals surface area contributed by atoms with E-state index in [1.165, 1.54) is 12.0 Å². The van der Waals surface area contributed by atoms with Crippen molar-refractivity contribution < 1.29 is 4.39 Å². The first-order valence-corrected chi connectivity index (χ1v) is 7.11. The van der Waals surface area contributed by atoms with Crippen molar-refractivity contribution >= 4 is 15.9 Å². The van der Waals surface area contributed by atoms with Crippen molar-refractivity contribution in [3.05, 3.63) is 34.1 Å². The lowest BCUT2D eigenvalue weighted by Crippen LogP contribution is -2.48. The molecular formula is C14H19BrFN. The third-order valence-corrected chi connectivity index (χ3v) is 4.48. The Morgan fingerprint density at radius 1 is 1.47 bits per heavy atom. The van der Waals surface area contributed by atoms with Crippen LogP contribution in [0.5, 0.6) is 0 Å². The molecule has 0 amide bonds. The summed E-state index contributed by atoms with van der Waals surface area (Å²) in [6, 6.07) is 5.65. The molecule has 0 spiro atoms. The molecule has 1 N–H and O–H groups in total. The first-order valence-electron chi connectivity index (χ1n) is 6.31. The van der Waals surface area contributed by atoms with Crippen LogP contribution >= 0.6 is 15.9 Å². The van der Waals surface area contributed by atoms with Crippen LogP contribution in [0, 0.1) is 11.7 Å². The van der Waals surface area contributed by atoms with Gasteiger partial charge in [-0.2, -0.15) is 0 Å². The summed E-state index contributed by atoms with van der Waals surface area (Å²) in [5.41, 5.74) is 1.24. The number of hydrogen-bond donors (Lipinski definition) is 1. The maximum Gasteiger partial charge on any atom is 0.124 e. The van der Waals surface area contributed by atoms with Gasteiger partial charge in [-0.05, 0) is 48.9 Å². The van der Waals surface area contributed by atoms with E-state index in [-0.39, 0.29) is 5.82 Å². The van der Waals surface area contributed by atoms with Gasteiger partial charge in [0.25, 0.3) is 0 Å². The van der Waals surface area contributed by atoms with Gasteiger partial charge in [-0.15, -0.1) is 0 Å². The van der Waals surface area contributed by atoms with E-state index < -0.39 is 0 Å².